The van der Waals surface area contributed by atoms with Crippen LogP contribution in [0.3, 0.4) is 0 Å². The summed E-state index contributed by atoms with van der Waals surface area (Å²) in [6.45, 7) is 5.35. The number of nitrogens with one attached hydrogen (secondary N) is 1. The molecule has 0 unspecified atom stereocenters. The van der Waals surface area contributed by atoms with Gasteiger partial charge in [0.15, 0.2) is 0 Å². The number of carbonyl (C=O) groups is 4. The van der Waals surface area contributed by atoms with E-state index in [0.717, 1.165) is 4.90 Å². The quantitative estimate of drug-likeness (QED) is 0.498. The van der Waals surface area contributed by atoms with Crippen molar-refractivity contribution in [2.24, 2.45) is 0 Å². The molecule has 0 aliphatic carbocycles. The Labute approximate surface area is 189 Å². The van der Waals surface area contributed by atoms with Crippen LogP contribution >= 0.6 is 11.6 Å². The van der Waals surface area contributed by atoms with Gasteiger partial charge < -0.3 is 14.8 Å². The van der Waals surface area contributed by atoms with E-state index in [1.165, 1.54) is 30.3 Å². The van der Waals surface area contributed by atoms with Gasteiger partial charge in [0.25, 0.3) is 11.8 Å². The first kappa shape index (κ1) is 23.0. The van der Waals surface area contributed by atoms with Crippen LogP contribution in [0, 0.1) is 0 Å². The lowest BCUT2D eigenvalue weighted by Gasteiger charge is -2.16. The fraction of sp³-hybridized carbons (Fsp3) is 0.217. The third-order valence-corrected chi connectivity index (χ3v) is 4.70. The Balaban J connectivity index is 1.85. The molecular weight excluding hydrogens is 436 g/mol. The Bertz CT molecular complexity index is 1120. The first-order chi connectivity index (χ1) is 15.2. The minimum absolute atomic E-state index is 0.146. The molecule has 3 rings (SSSR count). The lowest BCUT2D eigenvalue weighted by atomic mass is 10.2. The highest BCUT2D eigenvalue weighted by Crippen LogP contribution is 2.31. The first-order valence-corrected chi connectivity index (χ1v) is 10.2. The van der Waals surface area contributed by atoms with E-state index in [1.54, 1.807) is 39.0 Å². The maximum atomic E-state index is 13.0. The molecular formula is C23H21ClN2O6. The van der Waals surface area contributed by atoms with Gasteiger partial charge in [-0.05, 0) is 57.2 Å². The van der Waals surface area contributed by atoms with Crippen molar-refractivity contribution in [3.8, 4) is 0 Å². The monoisotopic (exact) mass is 456 g/mol. The van der Waals surface area contributed by atoms with E-state index in [9.17, 15) is 19.2 Å². The van der Waals surface area contributed by atoms with Crippen LogP contribution < -0.4 is 10.2 Å². The van der Waals surface area contributed by atoms with E-state index >= 15 is 0 Å². The smallest absolute Gasteiger partial charge is 0.338 e. The predicted octanol–water partition coefficient (Wildman–Crippen LogP) is 3.86. The summed E-state index contributed by atoms with van der Waals surface area (Å²) in [7, 11) is 0. The van der Waals surface area contributed by atoms with Gasteiger partial charge in [-0.1, -0.05) is 23.7 Å². The number of carbonyl (C=O) groups excluding carboxylic acids is 4. The molecule has 8 nitrogen and oxygen atoms in total. The highest BCUT2D eigenvalue weighted by molar-refractivity contribution is 6.53. The van der Waals surface area contributed by atoms with Crippen molar-refractivity contribution in [3.63, 3.8) is 0 Å². The van der Waals surface area contributed by atoms with Gasteiger partial charge in [0.2, 0.25) is 0 Å². The minimum Gasteiger partial charge on any atom is -0.462 e. The Kier molecular flexibility index (Phi) is 6.95. The topological polar surface area (TPSA) is 102 Å². The number of anilines is 2. The van der Waals surface area contributed by atoms with E-state index in [1.807, 2.05) is 0 Å². The number of imide groups is 1. The van der Waals surface area contributed by atoms with Gasteiger partial charge >= 0.3 is 11.9 Å². The summed E-state index contributed by atoms with van der Waals surface area (Å²) in [4.78, 5) is 50.7. The maximum absolute atomic E-state index is 13.0. The molecule has 32 heavy (non-hydrogen) atoms. The average molecular weight is 457 g/mol. The Morgan fingerprint density at radius 3 is 2.31 bits per heavy atom. The zero-order chi connectivity index (χ0) is 23.4. The second-order valence-electron chi connectivity index (χ2n) is 7.07. The van der Waals surface area contributed by atoms with Crippen molar-refractivity contribution in [2.75, 3.05) is 16.8 Å². The summed E-state index contributed by atoms with van der Waals surface area (Å²) in [6.07, 6.45) is -0.321. The second kappa shape index (κ2) is 9.65. The Morgan fingerprint density at radius 2 is 1.66 bits per heavy atom. The molecule has 1 heterocycles. The third-order valence-electron chi connectivity index (χ3n) is 4.35. The van der Waals surface area contributed by atoms with Crippen molar-refractivity contribution in [2.45, 2.75) is 26.9 Å². The van der Waals surface area contributed by atoms with Crippen LogP contribution in [0.2, 0.25) is 0 Å². The zero-order valence-corrected chi connectivity index (χ0v) is 18.4. The summed E-state index contributed by atoms with van der Waals surface area (Å²) in [5.74, 6) is -2.53. The standard InChI is InChI=1S/C23H21ClN2O6/c1-4-31-22(29)14-7-5-9-16(11-14)25-19-18(24)20(27)26(21(19)28)17-10-6-8-15(12-17)23(30)32-13(2)3/h5-13,25H,4H2,1-3H3. The average Bonchev–Trinajstić information content (AvgIpc) is 2.97. The highest BCUT2D eigenvalue weighted by atomic mass is 35.5. The maximum Gasteiger partial charge on any atom is 0.338 e. The van der Waals surface area contributed by atoms with Crippen LogP contribution in [0.25, 0.3) is 0 Å². The fourth-order valence-corrected chi connectivity index (χ4v) is 3.20. The van der Waals surface area contributed by atoms with Crippen LogP contribution in [0.5, 0.6) is 0 Å². The lowest BCUT2D eigenvalue weighted by molar-refractivity contribution is -0.120. The van der Waals surface area contributed by atoms with Crippen LogP contribution in [-0.4, -0.2) is 36.5 Å². The molecule has 0 fully saturated rings. The number of halogens is 1. The van der Waals surface area contributed by atoms with Crippen LogP contribution in [-0.2, 0) is 19.1 Å². The molecule has 0 saturated carbocycles. The molecule has 1 aliphatic rings. The molecule has 2 amide bonds. The molecule has 2 aromatic rings. The van der Waals surface area contributed by atoms with Crippen molar-refractivity contribution < 1.29 is 28.7 Å². The van der Waals surface area contributed by atoms with Gasteiger partial charge in [0.1, 0.15) is 10.7 Å². The van der Waals surface area contributed by atoms with Gasteiger partial charge in [0, 0.05) is 5.69 Å². The molecule has 2 aromatic carbocycles. The lowest BCUT2D eigenvalue weighted by Crippen LogP contribution is -2.32. The number of esters is 2. The van der Waals surface area contributed by atoms with Crippen LogP contribution in [0.15, 0.2) is 59.3 Å². The van der Waals surface area contributed by atoms with Crippen molar-refractivity contribution in [1.29, 1.82) is 0 Å². The normalized spacial score (nSPS) is 13.6. The number of hydrogen-bond donors (Lipinski definition) is 1. The van der Waals surface area contributed by atoms with Crippen molar-refractivity contribution >= 4 is 46.7 Å². The number of ether oxygens (including phenoxy) is 2. The van der Waals surface area contributed by atoms with Gasteiger partial charge in [-0.2, -0.15) is 0 Å². The number of nitrogens with zero attached hydrogens (tertiary/aromatic N) is 1. The van der Waals surface area contributed by atoms with Gasteiger partial charge in [-0.3, -0.25) is 9.59 Å². The number of amides is 2. The van der Waals surface area contributed by atoms with Crippen LogP contribution in [0.1, 0.15) is 41.5 Å². The molecule has 0 aromatic heterocycles. The summed E-state index contributed by atoms with van der Waals surface area (Å²) in [6, 6.07) is 12.2. The fourth-order valence-electron chi connectivity index (χ4n) is 2.98. The molecule has 0 spiro atoms. The molecule has 0 radical (unpaired) electrons. The second-order valence-corrected chi connectivity index (χ2v) is 7.44. The van der Waals surface area contributed by atoms with Crippen molar-refractivity contribution in [1.82, 2.24) is 0 Å². The Hall–Kier alpha value is -3.65. The van der Waals surface area contributed by atoms with Gasteiger partial charge in [0.05, 0.1) is 29.5 Å². The molecule has 1 N–H and O–H groups in total. The number of rotatable bonds is 7. The van der Waals surface area contributed by atoms with Crippen molar-refractivity contribution in [3.05, 3.63) is 70.4 Å². The van der Waals surface area contributed by atoms with E-state index in [-0.39, 0.29) is 40.3 Å². The summed E-state index contributed by atoms with van der Waals surface area (Å²) in [5.41, 5.74) is 0.872. The molecule has 1 aliphatic heterocycles. The Morgan fingerprint density at radius 1 is 1.00 bits per heavy atom. The summed E-state index contributed by atoms with van der Waals surface area (Å²) < 4.78 is 10.1. The van der Waals surface area contributed by atoms with Gasteiger partial charge in [-0.15, -0.1) is 0 Å². The first-order valence-electron chi connectivity index (χ1n) is 9.86. The van der Waals surface area contributed by atoms with E-state index in [4.69, 9.17) is 21.1 Å². The molecule has 0 bridgehead atoms. The van der Waals surface area contributed by atoms with E-state index in [0.29, 0.717) is 5.69 Å². The summed E-state index contributed by atoms with van der Waals surface area (Å²) >= 11 is 6.16. The third kappa shape index (κ3) is 4.81. The minimum atomic E-state index is -0.741. The number of benzene rings is 2. The van der Waals surface area contributed by atoms with Gasteiger partial charge in [-0.25, -0.2) is 14.5 Å². The molecule has 0 saturated heterocycles. The number of hydrogen-bond acceptors (Lipinski definition) is 7. The molecule has 166 valence electrons. The SMILES string of the molecule is CCOC(=O)c1cccc(NC2=C(Cl)C(=O)N(c3cccc(C(=O)OC(C)C)c3)C2=O)c1. The van der Waals surface area contributed by atoms with E-state index < -0.39 is 23.8 Å². The highest BCUT2D eigenvalue weighted by Gasteiger charge is 2.39. The zero-order valence-electron chi connectivity index (χ0n) is 17.7. The van der Waals surface area contributed by atoms with E-state index in [2.05, 4.69) is 5.32 Å². The molecule has 9 heteroatoms. The molecule has 0 atom stereocenters. The van der Waals surface area contributed by atoms with Crippen LogP contribution in [0.4, 0.5) is 11.4 Å². The predicted molar refractivity (Wildman–Crippen MR) is 118 cm³/mol. The largest absolute Gasteiger partial charge is 0.462 e. The summed E-state index contributed by atoms with van der Waals surface area (Å²) in [5, 5.41) is 2.49.